The number of carbonyl (C=O) groups is 6. The first kappa shape index (κ1) is 23.4. The maximum Gasteiger partial charge on any atom is 0.248 e. The summed E-state index contributed by atoms with van der Waals surface area (Å²) in [4.78, 5) is 73.0. The standard InChI is InChI=1S/C18H28N6O6/c1-3-23-15(27)9-11(17(23)29)19-21-13(25)7-5-6-8-14(26)22-20-12-10-16(28)24(4-2)18(12)30/h11-12,19-20H,3-10H2,1-2H3,(H,21,25)(H,22,26). The second-order valence-electron chi connectivity index (χ2n) is 7.06. The molecule has 2 atom stereocenters. The molecule has 0 saturated carbocycles. The van der Waals surface area contributed by atoms with Gasteiger partial charge in [0.1, 0.15) is 12.1 Å². The van der Waals surface area contributed by atoms with Crippen molar-refractivity contribution in [3.8, 4) is 0 Å². The zero-order valence-corrected chi connectivity index (χ0v) is 17.2. The lowest BCUT2D eigenvalue weighted by atomic mass is 10.2. The van der Waals surface area contributed by atoms with Gasteiger partial charge in [-0.25, -0.2) is 10.9 Å². The second kappa shape index (κ2) is 10.8. The van der Waals surface area contributed by atoms with Gasteiger partial charge in [-0.1, -0.05) is 0 Å². The van der Waals surface area contributed by atoms with E-state index >= 15 is 0 Å². The van der Waals surface area contributed by atoms with E-state index in [0.717, 1.165) is 9.80 Å². The number of imide groups is 2. The average Bonchev–Trinajstić information content (AvgIpc) is 3.15. The van der Waals surface area contributed by atoms with Crippen molar-refractivity contribution in [2.45, 2.75) is 64.5 Å². The van der Waals surface area contributed by atoms with E-state index in [1.165, 1.54) is 0 Å². The molecule has 0 aliphatic carbocycles. The van der Waals surface area contributed by atoms with Gasteiger partial charge in [0.25, 0.3) is 0 Å². The molecule has 2 saturated heterocycles. The number of hydrazine groups is 2. The Kier molecular flexibility index (Phi) is 8.42. The van der Waals surface area contributed by atoms with Gasteiger partial charge in [-0.3, -0.25) is 49.4 Å². The lowest BCUT2D eigenvalue weighted by Crippen LogP contribution is -2.48. The monoisotopic (exact) mass is 424 g/mol. The van der Waals surface area contributed by atoms with E-state index in [1.54, 1.807) is 13.8 Å². The fraction of sp³-hybridized carbons (Fsp3) is 0.667. The Morgan fingerprint density at radius 2 is 1.13 bits per heavy atom. The van der Waals surface area contributed by atoms with Crippen LogP contribution in [-0.2, 0) is 28.8 Å². The van der Waals surface area contributed by atoms with Crippen molar-refractivity contribution in [2.75, 3.05) is 13.1 Å². The molecule has 2 aliphatic rings. The zero-order chi connectivity index (χ0) is 22.3. The summed E-state index contributed by atoms with van der Waals surface area (Å²) < 4.78 is 0. The van der Waals surface area contributed by atoms with Gasteiger partial charge in [-0.15, -0.1) is 0 Å². The quantitative estimate of drug-likeness (QED) is 0.170. The maximum absolute atomic E-state index is 11.9. The number of nitrogens with one attached hydrogen (secondary N) is 4. The van der Waals surface area contributed by atoms with Crippen molar-refractivity contribution in [3.63, 3.8) is 0 Å². The van der Waals surface area contributed by atoms with Crippen LogP contribution in [0.25, 0.3) is 0 Å². The number of hydrogen-bond acceptors (Lipinski definition) is 8. The number of rotatable bonds is 11. The van der Waals surface area contributed by atoms with E-state index < -0.39 is 12.1 Å². The van der Waals surface area contributed by atoms with Gasteiger partial charge >= 0.3 is 0 Å². The fourth-order valence-corrected chi connectivity index (χ4v) is 3.29. The second-order valence-corrected chi connectivity index (χ2v) is 7.06. The molecule has 12 nitrogen and oxygen atoms in total. The average molecular weight is 424 g/mol. The normalized spacial score (nSPS) is 21.5. The first-order chi connectivity index (χ1) is 14.3. The summed E-state index contributed by atoms with van der Waals surface area (Å²) >= 11 is 0. The molecule has 4 N–H and O–H groups in total. The summed E-state index contributed by atoms with van der Waals surface area (Å²) in [5.41, 5.74) is 9.98. The predicted molar refractivity (Wildman–Crippen MR) is 103 cm³/mol. The van der Waals surface area contributed by atoms with Crippen LogP contribution in [-0.4, -0.2) is 70.4 Å². The highest BCUT2D eigenvalue weighted by Crippen LogP contribution is 2.12. The molecule has 0 radical (unpaired) electrons. The lowest BCUT2D eigenvalue weighted by Gasteiger charge is -2.14. The van der Waals surface area contributed by atoms with E-state index in [4.69, 9.17) is 0 Å². The van der Waals surface area contributed by atoms with Crippen LogP contribution in [0.1, 0.15) is 52.4 Å². The summed E-state index contributed by atoms with van der Waals surface area (Å²) in [6, 6.07) is -1.51. The van der Waals surface area contributed by atoms with E-state index in [-0.39, 0.29) is 61.1 Å². The Morgan fingerprint density at radius 1 is 0.767 bits per heavy atom. The van der Waals surface area contributed by atoms with Crippen molar-refractivity contribution < 1.29 is 28.8 Å². The summed E-state index contributed by atoms with van der Waals surface area (Å²) in [6.45, 7) is 3.99. The van der Waals surface area contributed by atoms with Crippen molar-refractivity contribution >= 4 is 35.4 Å². The van der Waals surface area contributed by atoms with Crippen LogP contribution in [0.15, 0.2) is 0 Å². The number of carbonyl (C=O) groups excluding carboxylic acids is 6. The van der Waals surface area contributed by atoms with Crippen molar-refractivity contribution in [1.82, 2.24) is 31.5 Å². The molecule has 2 rings (SSSR count). The number of unbranched alkanes of at least 4 members (excludes halogenated alkanes) is 1. The van der Waals surface area contributed by atoms with E-state index in [9.17, 15) is 28.8 Å². The summed E-state index contributed by atoms with van der Waals surface area (Å²) in [6.07, 6.45) is 1.16. The van der Waals surface area contributed by atoms with Gasteiger partial charge in [0.2, 0.25) is 35.4 Å². The zero-order valence-electron chi connectivity index (χ0n) is 17.2. The molecular formula is C18H28N6O6. The molecule has 6 amide bonds. The molecule has 30 heavy (non-hydrogen) atoms. The number of likely N-dealkylation sites (N-methyl/N-ethyl adjacent to an activating group) is 2. The summed E-state index contributed by atoms with van der Waals surface area (Å²) in [5, 5.41) is 0. The largest absolute Gasteiger partial charge is 0.291 e. The van der Waals surface area contributed by atoms with Gasteiger partial charge in [0, 0.05) is 25.9 Å². The van der Waals surface area contributed by atoms with Crippen LogP contribution in [0.4, 0.5) is 0 Å². The molecule has 0 aromatic rings. The lowest BCUT2D eigenvalue weighted by molar-refractivity contribution is -0.140. The molecule has 2 fully saturated rings. The fourth-order valence-electron chi connectivity index (χ4n) is 3.29. The van der Waals surface area contributed by atoms with Crippen molar-refractivity contribution in [2.24, 2.45) is 0 Å². The third kappa shape index (κ3) is 5.83. The minimum Gasteiger partial charge on any atom is -0.291 e. The van der Waals surface area contributed by atoms with Crippen LogP contribution >= 0.6 is 0 Å². The van der Waals surface area contributed by atoms with E-state index in [2.05, 4.69) is 21.7 Å². The van der Waals surface area contributed by atoms with Crippen molar-refractivity contribution in [3.05, 3.63) is 0 Å². The van der Waals surface area contributed by atoms with Gasteiger partial charge in [-0.05, 0) is 26.7 Å². The van der Waals surface area contributed by atoms with Crippen LogP contribution in [0.3, 0.4) is 0 Å². The Hall–Kier alpha value is -2.86. The molecule has 0 spiro atoms. The molecule has 12 heteroatoms. The van der Waals surface area contributed by atoms with Gasteiger partial charge in [0.05, 0.1) is 12.8 Å². The van der Waals surface area contributed by atoms with Gasteiger partial charge < -0.3 is 0 Å². The molecule has 0 aromatic carbocycles. The van der Waals surface area contributed by atoms with Crippen LogP contribution in [0, 0.1) is 0 Å². The minimum atomic E-state index is -0.757. The third-order valence-corrected chi connectivity index (χ3v) is 4.95. The summed E-state index contributed by atoms with van der Waals surface area (Å²) in [5.74, 6) is -1.98. The highest BCUT2D eigenvalue weighted by molar-refractivity contribution is 6.06. The molecule has 0 bridgehead atoms. The summed E-state index contributed by atoms with van der Waals surface area (Å²) in [7, 11) is 0. The van der Waals surface area contributed by atoms with Gasteiger partial charge in [-0.2, -0.15) is 0 Å². The molecule has 2 aliphatic heterocycles. The van der Waals surface area contributed by atoms with Crippen LogP contribution in [0.2, 0.25) is 0 Å². The molecule has 2 unspecified atom stereocenters. The highest BCUT2D eigenvalue weighted by Gasteiger charge is 2.38. The molecule has 2 heterocycles. The van der Waals surface area contributed by atoms with E-state index in [0.29, 0.717) is 25.9 Å². The number of hydrogen-bond donors (Lipinski definition) is 4. The van der Waals surface area contributed by atoms with Crippen LogP contribution in [0.5, 0.6) is 0 Å². The van der Waals surface area contributed by atoms with E-state index in [1.807, 2.05) is 0 Å². The minimum absolute atomic E-state index is 0.00519. The number of amides is 6. The first-order valence-electron chi connectivity index (χ1n) is 10.1. The van der Waals surface area contributed by atoms with Crippen LogP contribution < -0.4 is 21.7 Å². The predicted octanol–water partition coefficient (Wildman–Crippen LogP) is -1.92. The highest BCUT2D eigenvalue weighted by atomic mass is 16.2. The van der Waals surface area contributed by atoms with Gasteiger partial charge in [0.15, 0.2) is 0 Å². The first-order valence-corrected chi connectivity index (χ1v) is 10.1. The Labute approximate surface area is 174 Å². The topological polar surface area (TPSA) is 157 Å². The smallest absolute Gasteiger partial charge is 0.248 e. The molecule has 0 aromatic heterocycles. The number of likely N-dealkylation sites (tertiary alicyclic amines) is 2. The third-order valence-electron chi connectivity index (χ3n) is 4.95. The SMILES string of the molecule is CCN1C(=O)CC(NNC(=O)CCCCC(=O)NNC2CC(=O)N(CC)C2=O)C1=O. The number of nitrogens with zero attached hydrogens (tertiary/aromatic N) is 2. The molecule has 166 valence electrons. The maximum atomic E-state index is 11.9. The Morgan fingerprint density at radius 3 is 1.43 bits per heavy atom. The van der Waals surface area contributed by atoms with Crippen molar-refractivity contribution in [1.29, 1.82) is 0 Å². The molecular weight excluding hydrogens is 396 g/mol. The Bertz CT molecular complexity index is 666. The Balaban J connectivity index is 1.56.